The van der Waals surface area contributed by atoms with Crippen molar-refractivity contribution in [3.05, 3.63) is 95.1 Å². The van der Waals surface area contributed by atoms with Gasteiger partial charge in [-0.1, -0.05) is 42.5 Å². The number of nitrogens with one attached hydrogen (secondary N) is 1. The first-order valence-electron chi connectivity index (χ1n) is 12.7. The Morgan fingerprint density at radius 2 is 1.53 bits per heavy atom. The van der Waals surface area contributed by atoms with Crippen molar-refractivity contribution in [2.45, 2.75) is 63.1 Å². The zero-order valence-corrected chi connectivity index (χ0v) is 22.7. The summed E-state index contributed by atoms with van der Waals surface area (Å²) >= 11 is 0. The molecule has 3 aromatic rings. The van der Waals surface area contributed by atoms with Gasteiger partial charge in [-0.2, -0.15) is 30.7 Å². The van der Waals surface area contributed by atoms with Crippen LogP contribution in [0.25, 0.3) is 0 Å². The van der Waals surface area contributed by atoms with Crippen LogP contribution in [0.15, 0.2) is 66.7 Å². The largest absolute Gasteiger partial charge is 0.488 e. The number of hydrogen-bond acceptors (Lipinski definition) is 4. The monoisotopic (exact) mass is 622 g/mol. The second-order valence-electron chi connectivity index (χ2n) is 9.86. The summed E-state index contributed by atoms with van der Waals surface area (Å²) in [4.78, 5) is 13.2. The highest BCUT2D eigenvalue weighted by Gasteiger charge is 2.46. The molecule has 14 heteroatoms. The van der Waals surface area contributed by atoms with Gasteiger partial charge in [-0.3, -0.25) is 4.79 Å². The number of para-hydroxylation sites is 1. The minimum Gasteiger partial charge on any atom is -0.488 e. The van der Waals surface area contributed by atoms with E-state index >= 15 is 8.78 Å². The van der Waals surface area contributed by atoms with Crippen LogP contribution in [0.4, 0.5) is 39.5 Å². The molecule has 0 aliphatic rings. The molecule has 0 heterocycles. The number of carbonyl (C=O) groups is 1. The number of amides is 1. The Balaban J connectivity index is 2.32. The number of halogens is 9. The van der Waals surface area contributed by atoms with Crippen molar-refractivity contribution in [1.29, 1.82) is 0 Å². The molecule has 0 aliphatic carbocycles. The molecule has 5 nitrogen and oxygen atoms in total. The van der Waals surface area contributed by atoms with E-state index in [2.05, 4.69) is 10.1 Å². The Bertz CT molecular complexity index is 1400. The van der Waals surface area contributed by atoms with E-state index in [9.17, 15) is 35.5 Å². The van der Waals surface area contributed by atoms with Gasteiger partial charge in [0, 0.05) is 23.6 Å². The summed E-state index contributed by atoms with van der Waals surface area (Å²) in [7, 11) is 0. The fourth-order valence-electron chi connectivity index (χ4n) is 4.33. The van der Waals surface area contributed by atoms with Gasteiger partial charge in [0.2, 0.25) is 5.91 Å². The average molecular weight is 623 g/mol. The van der Waals surface area contributed by atoms with Crippen molar-refractivity contribution < 1.29 is 53.8 Å². The Hall–Kier alpha value is -3.94. The molecule has 0 saturated carbocycles. The van der Waals surface area contributed by atoms with Gasteiger partial charge in [-0.05, 0) is 37.6 Å². The summed E-state index contributed by atoms with van der Waals surface area (Å²) in [5, 5.41) is 2.37. The predicted molar refractivity (Wildman–Crippen MR) is 138 cm³/mol. The molecule has 43 heavy (non-hydrogen) atoms. The van der Waals surface area contributed by atoms with Crippen LogP contribution in [0.5, 0.6) is 11.5 Å². The van der Waals surface area contributed by atoms with Gasteiger partial charge in [0.15, 0.2) is 11.6 Å². The number of alkyl halides is 7. The zero-order chi connectivity index (χ0) is 32.2. The summed E-state index contributed by atoms with van der Waals surface area (Å²) in [6, 6.07) is 10.5. The van der Waals surface area contributed by atoms with E-state index in [1.807, 2.05) is 0 Å². The molecule has 0 fully saturated rings. The molecule has 0 aromatic heterocycles. The van der Waals surface area contributed by atoms with Gasteiger partial charge in [0.1, 0.15) is 23.1 Å². The second kappa shape index (κ2) is 13.1. The summed E-state index contributed by atoms with van der Waals surface area (Å²) < 4.78 is 133. The average Bonchev–Trinajstić information content (AvgIpc) is 2.89. The molecule has 234 valence electrons. The van der Waals surface area contributed by atoms with Crippen LogP contribution < -0.4 is 20.5 Å². The van der Waals surface area contributed by atoms with Gasteiger partial charge in [-0.15, -0.1) is 0 Å². The number of ether oxygens (including phenoxy) is 2. The van der Waals surface area contributed by atoms with Crippen LogP contribution in [-0.2, 0) is 16.8 Å². The normalized spacial score (nSPS) is 14.4. The maximum atomic E-state index is 15.9. The van der Waals surface area contributed by atoms with Crippen molar-refractivity contribution in [2.24, 2.45) is 5.73 Å². The van der Waals surface area contributed by atoms with Gasteiger partial charge in [-0.25, -0.2) is 8.78 Å². The van der Waals surface area contributed by atoms with Crippen LogP contribution >= 0.6 is 0 Å². The van der Waals surface area contributed by atoms with Crippen molar-refractivity contribution in [3.63, 3.8) is 0 Å². The van der Waals surface area contributed by atoms with Gasteiger partial charge in [0.05, 0.1) is 12.5 Å². The van der Waals surface area contributed by atoms with E-state index in [1.165, 1.54) is 38.1 Å². The highest BCUT2D eigenvalue weighted by Crippen LogP contribution is 2.43. The number of rotatable bonds is 12. The van der Waals surface area contributed by atoms with Gasteiger partial charge in [0.25, 0.3) is 0 Å². The number of nitrogens with two attached hydrogens (primary N) is 1. The molecule has 3 N–H and O–H groups in total. The van der Waals surface area contributed by atoms with E-state index in [1.54, 1.807) is 18.2 Å². The van der Waals surface area contributed by atoms with Crippen LogP contribution in [0.1, 0.15) is 37.0 Å². The summed E-state index contributed by atoms with van der Waals surface area (Å²) in [6.45, 7) is 3.07. The molecule has 0 radical (unpaired) electrons. The van der Waals surface area contributed by atoms with Gasteiger partial charge < -0.3 is 20.5 Å². The fraction of sp³-hybridized carbons (Fsp3) is 0.345. The predicted octanol–water partition coefficient (Wildman–Crippen LogP) is 6.87. The van der Waals surface area contributed by atoms with Crippen molar-refractivity contribution >= 4 is 5.91 Å². The standard InChI is InChI=1S/C29H27F9N2O3/c1-16(2)42-25-20(9-6-10-21(25)30)27(15-17-7-4-3-5-8-17,40-24(41)14-23(39)28(34,35)36)19-12-11-18(13-22(19)31)43-29(37,38)26(32)33/h3-13,16,23,26H,14-15,39H2,1-2H3,(H,40,41)/t23?,27-/m0/s1. The lowest BCUT2D eigenvalue weighted by Crippen LogP contribution is -2.52. The quantitative estimate of drug-likeness (QED) is 0.216. The number of carbonyl (C=O) groups excluding carboxylic acids is 1. The molecule has 0 aliphatic heterocycles. The number of hydrogen-bond donors (Lipinski definition) is 2. The zero-order valence-electron chi connectivity index (χ0n) is 22.7. The molecule has 3 rings (SSSR count). The van der Waals surface area contributed by atoms with E-state index in [4.69, 9.17) is 10.5 Å². The van der Waals surface area contributed by atoms with E-state index in [0.717, 1.165) is 12.1 Å². The third-order valence-corrected chi connectivity index (χ3v) is 6.18. The summed E-state index contributed by atoms with van der Waals surface area (Å²) in [5.41, 5.74) is 2.46. The minimum atomic E-state index is -4.99. The maximum absolute atomic E-state index is 15.9. The van der Waals surface area contributed by atoms with Crippen LogP contribution in [-0.4, -0.2) is 36.8 Å². The lowest BCUT2D eigenvalue weighted by Gasteiger charge is -2.38. The molecule has 2 atom stereocenters. The first-order valence-corrected chi connectivity index (χ1v) is 12.7. The first kappa shape index (κ1) is 33.6. The third kappa shape index (κ3) is 8.12. The summed E-state index contributed by atoms with van der Waals surface area (Å²) in [5.74, 6) is -5.22. The molecule has 0 bridgehead atoms. The SMILES string of the molecule is CC(C)Oc1c(F)cccc1[C@@](Cc1ccccc1)(NC(=O)CC(N)C(F)(F)F)c1ccc(OC(F)(F)C(F)F)cc1F. The fourth-order valence-corrected chi connectivity index (χ4v) is 4.33. The molecular weight excluding hydrogens is 595 g/mol. The Labute approximate surface area is 240 Å². The Morgan fingerprint density at radius 3 is 2.09 bits per heavy atom. The van der Waals surface area contributed by atoms with Gasteiger partial charge >= 0.3 is 18.7 Å². The Morgan fingerprint density at radius 1 is 0.884 bits per heavy atom. The van der Waals surface area contributed by atoms with Crippen LogP contribution in [0, 0.1) is 11.6 Å². The molecule has 0 saturated heterocycles. The molecular formula is C29H27F9N2O3. The van der Waals surface area contributed by atoms with E-state index in [0.29, 0.717) is 17.7 Å². The second-order valence-corrected chi connectivity index (χ2v) is 9.86. The van der Waals surface area contributed by atoms with Crippen molar-refractivity contribution in [1.82, 2.24) is 5.32 Å². The minimum absolute atomic E-state index is 0.246. The first-order chi connectivity index (χ1) is 20.0. The third-order valence-electron chi connectivity index (χ3n) is 6.18. The van der Waals surface area contributed by atoms with Crippen molar-refractivity contribution in [3.8, 4) is 11.5 Å². The van der Waals surface area contributed by atoms with Crippen LogP contribution in [0.3, 0.4) is 0 Å². The highest BCUT2D eigenvalue weighted by molar-refractivity contribution is 5.79. The van der Waals surface area contributed by atoms with Crippen LogP contribution in [0.2, 0.25) is 0 Å². The smallest absolute Gasteiger partial charge is 0.461 e. The van der Waals surface area contributed by atoms with Crippen molar-refractivity contribution in [2.75, 3.05) is 0 Å². The maximum Gasteiger partial charge on any atom is 0.461 e. The van der Waals surface area contributed by atoms with E-state index in [-0.39, 0.29) is 5.56 Å². The van der Waals surface area contributed by atoms with E-state index < -0.39 is 83.8 Å². The highest BCUT2D eigenvalue weighted by atomic mass is 19.4. The summed E-state index contributed by atoms with van der Waals surface area (Å²) in [6.07, 6.45) is -16.7. The lowest BCUT2D eigenvalue weighted by molar-refractivity contribution is -0.253. The number of benzene rings is 3. The molecule has 3 aromatic carbocycles. The topological polar surface area (TPSA) is 73.6 Å². The molecule has 1 amide bonds. The lowest BCUT2D eigenvalue weighted by atomic mass is 9.76. The molecule has 0 spiro atoms. The molecule has 1 unspecified atom stereocenters. The Kier molecular flexibility index (Phi) is 10.3.